The third-order valence-corrected chi connectivity index (χ3v) is 3.94. The molecule has 3 nitrogen and oxygen atoms in total. The molecule has 0 aliphatic rings. The Labute approximate surface area is 154 Å². The van der Waals surface area contributed by atoms with Gasteiger partial charge in [-0.3, -0.25) is 0 Å². The Hall–Kier alpha value is -2.49. The minimum Gasteiger partial charge on any atom is -0.496 e. The smallest absolute Gasteiger partial charge is 0.127 e. The van der Waals surface area contributed by atoms with Crippen molar-refractivity contribution in [3.8, 4) is 22.6 Å². The van der Waals surface area contributed by atoms with E-state index >= 15 is 0 Å². The van der Waals surface area contributed by atoms with Crippen LogP contribution in [0.5, 0.6) is 11.5 Å². The number of rotatable bonds is 6. The van der Waals surface area contributed by atoms with Crippen molar-refractivity contribution >= 4 is 12.4 Å². The van der Waals surface area contributed by atoms with Gasteiger partial charge >= 0.3 is 0 Å². The number of ether oxygens (including phenoxy) is 2. The van der Waals surface area contributed by atoms with E-state index in [1.807, 2.05) is 48.5 Å². The van der Waals surface area contributed by atoms with Gasteiger partial charge in [0.2, 0.25) is 0 Å². The van der Waals surface area contributed by atoms with Crippen LogP contribution in [-0.4, -0.2) is 7.11 Å². The van der Waals surface area contributed by atoms with Crippen molar-refractivity contribution in [3.63, 3.8) is 0 Å². The zero-order valence-electron chi connectivity index (χ0n) is 14.1. The van der Waals surface area contributed by atoms with Gasteiger partial charge in [0.15, 0.2) is 0 Å². The summed E-state index contributed by atoms with van der Waals surface area (Å²) in [6.07, 6.45) is 0. The molecule has 3 aromatic rings. The van der Waals surface area contributed by atoms with Gasteiger partial charge in [-0.2, -0.15) is 0 Å². The molecule has 0 amide bonds. The van der Waals surface area contributed by atoms with Crippen LogP contribution in [0.3, 0.4) is 0 Å². The van der Waals surface area contributed by atoms with Crippen molar-refractivity contribution in [2.45, 2.75) is 13.2 Å². The van der Waals surface area contributed by atoms with E-state index < -0.39 is 0 Å². The Morgan fingerprint density at radius 1 is 0.840 bits per heavy atom. The molecule has 4 heteroatoms. The predicted molar refractivity (Wildman–Crippen MR) is 104 cm³/mol. The van der Waals surface area contributed by atoms with E-state index in [4.69, 9.17) is 15.2 Å². The zero-order chi connectivity index (χ0) is 16.8. The molecule has 2 N–H and O–H groups in total. The monoisotopic (exact) mass is 355 g/mol. The van der Waals surface area contributed by atoms with E-state index in [1.54, 1.807) is 7.11 Å². The third kappa shape index (κ3) is 4.53. The van der Waals surface area contributed by atoms with E-state index in [-0.39, 0.29) is 12.4 Å². The number of para-hydroxylation sites is 1. The summed E-state index contributed by atoms with van der Waals surface area (Å²) in [6.45, 7) is 0.974. The molecule has 0 radical (unpaired) electrons. The quantitative estimate of drug-likeness (QED) is 0.689. The third-order valence-electron chi connectivity index (χ3n) is 3.94. The second-order valence-corrected chi connectivity index (χ2v) is 5.50. The summed E-state index contributed by atoms with van der Waals surface area (Å²) < 4.78 is 11.4. The largest absolute Gasteiger partial charge is 0.496 e. The summed E-state index contributed by atoms with van der Waals surface area (Å²) in [5.41, 5.74) is 10.1. The fraction of sp³-hybridized carbons (Fsp3) is 0.143. The fourth-order valence-corrected chi connectivity index (χ4v) is 2.67. The number of nitrogens with two attached hydrogens (primary N) is 1. The minimum absolute atomic E-state index is 0. The van der Waals surface area contributed by atoms with Crippen molar-refractivity contribution in [1.82, 2.24) is 0 Å². The standard InChI is InChI=1S/C21H21NO2.ClH/c1-23-20-12-11-17(13-18(20)14-22)19-9-5-6-10-21(19)24-15-16-7-3-2-4-8-16;/h2-13H,14-15,22H2,1H3;1H. The Morgan fingerprint density at radius 2 is 1.56 bits per heavy atom. The molecule has 3 aromatic carbocycles. The van der Waals surface area contributed by atoms with E-state index in [2.05, 4.69) is 24.3 Å². The van der Waals surface area contributed by atoms with Crippen LogP contribution in [0.4, 0.5) is 0 Å². The first-order valence-corrected chi connectivity index (χ1v) is 7.95. The molecule has 0 heterocycles. The predicted octanol–water partition coefficient (Wildman–Crippen LogP) is 4.82. The molecular formula is C21H22ClNO2. The molecule has 0 spiro atoms. The van der Waals surface area contributed by atoms with Crippen molar-refractivity contribution in [2.24, 2.45) is 5.73 Å². The summed E-state index contributed by atoms with van der Waals surface area (Å²) in [5.74, 6) is 1.67. The van der Waals surface area contributed by atoms with Gasteiger partial charge in [0, 0.05) is 17.7 Å². The van der Waals surface area contributed by atoms with Crippen LogP contribution < -0.4 is 15.2 Å². The summed E-state index contributed by atoms with van der Waals surface area (Å²) in [7, 11) is 1.66. The molecule has 0 saturated carbocycles. The number of methoxy groups -OCH3 is 1. The van der Waals surface area contributed by atoms with Crippen molar-refractivity contribution < 1.29 is 9.47 Å². The van der Waals surface area contributed by atoms with Gasteiger partial charge in [-0.15, -0.1) is 12.4 Å². The molecule has 130 valence electrons. The number of benzene rings is 3. The van der Waals surface area contributed by atoms with Crippen molar-refractivity contribution in [1.29, 1.82) is 0 Å². The maximum atomic E-state index is 6.05. The highest BCUT2D eigenvalue weighted by molar-refractivity contribution is 5.85. The fourth-order valence-electron chi connectivity index (χ4n) is 2.67. The molecule has 0 aliphatic carbocycles. The summed E-state index contributed by atoms with van der Waals surface area (Å²) in [5, 5.41) is 0. The maximum Gasteiger partial charge on any atom is 0.127 e. The molecule has 0 unspecified atom stereocenters. The lowest BCUT2D eigenvalue weighted by atomic mass is 10.0. The Morgan fingerprint density at radius 3 is 2.28 bits per heavy atom. The van der Waals surface area contributed by atoms with Crippen LogP contribution in [-0.2, 0) is 13.2 Å². The average Bonchev–Trinajstić information content (AvgIpc) is 2.67. The highest BCUT2D eigenvalue weighted by Gasteiger charge is 2.09. The van der Waals surface area contributed by atoms with Gasteiger partial charge in [0.1, 0.15) is 18.1 Å². The normalized spacial score (nSPS) is 10.0. The molecule has 0 bridgehead atoms. The van der Waals surface area contributed by atoms with Gasteiger partial charge in [0.25, 0.3) is 0 Å². The Kier molecular flexibility index (Phi) is 6.87. The summed E-state index contributed by atoms with van der Waals surface area (Å²) >= 11 is 0. The van der Waals surface area contributed by atoms with Gasteiger partial charge in [-0.25, -0.2) is 0 Å². The molecule has 0 aliphatic heterocycles. The molecule has 0 fully saturated rings. The van der Waals surface area contributed by atoms with E-state index in [0.717, 1.165) is 33.8 Å². The molecule has 3 rings (SSSR count). The highest BCUT2D eigenvalue weighted by Crippen LogP contribution is 2.33. The van der Waals surface area contributed by atoms with Gasteiger partial charge in [0.05, 0.1) is 7.11 Å². The first-order chi connectivity index (χ1) is 11.8. The van der Waals surface area contributed by atoms with Gasteiger partial charge in [-0.05, 0) is 29.3 Å². The number of halogens is 1. The van der Waals surface area contributed by atoms with Crippen LogP contribution in [0.2, 0.25) is 0 Å². The molecule has 0 aromatic heterocycles. The van der Waals surface area contributed by atoms with E-state index in [1.165, 1.54) is 0 Å². The average molecular weight is 356 g/mol. The molecule has 25 heavy (non-hydrogen) atoms. The molecule has 0 atom stereocenters. The Bertz CT molecular complexity index is 806. The molecule has 0 saturated heterocycles. The summed E-state index contributed by atoms with van der Waals surface area (Å²) in [4.78, 5) is 0. The van der Waals surface area contributed by atoms with Crippen molar-refractivity contribution in [3.05, 3.63) is 83.9 Å². The van der Waals surface area contributed by atoms with Gasteiger partial charge in [-0.1, -0.05) is 54.6 Å². The SMILES string of the molecule is COc1ccc(-c2ccccc2OCc2ccccc2)cc1CN.Cl. The maximum absolute atomic E-state index is 6.05. The second-order valence-electron chi connectivity index (χ2n) is 5.50. The number of hydrogen-bond acceptors (Lipinski definition) is 3. The van der Waals surface area contributed by atoms with Crippen LogP contribution in [0, 0.1) is 0 Å². The van der Waals surface area contributed by atoms with Crippen LogP contribution >= 0.6 is 12.4 Å². The van der Waals surface area contributed by atoms with Crippen LogP contribution in [0.1, 0.15) is 11.1 Å². The second kappa shape index (κ2) is 9.11. The topological polar surface area (TPSA) is 44.5 Å². The summed E-state index contributed by atoms with van der Waals surface area (Å²) in [6, 6.07) is 24.2. The highest BCUT2D eigenvalue weighted by atomic mass is 35.5. The number of hydrogen-bond donors (Lipinski definition) is 1. The zero-order valence-corrected chi connectivity index (χ0v) is 15.0. The van der Waals surface area contributed by atoms with Crippen LogP contribution in [0.15, 0.2) is 72.8 Å². The lowest BCUT2D eigenvalue weighted by Crippen LogP contribution is -2.01. The first kappa shape index (κ1) is 18.8. The van der Waals surface area contributed by atoms with E-state index in [9.17, 15) is 0 Å². The molecular weight excluding hydrogens is 334 g/mol. The van der Waals surface area contributed by atoms with Gasteiger partial charge < -0.3 is 15.2 Å². The lowest BCUT2D eigenvalue weighted by molar-refractivity contribution is 0.307. The Balaban J connectivity index is 0.00000225. The van der Waals surface area contributed by atoms with E-state index in [0.29, 0.717) is 13.2 Å². The van der Waals surface area contributed by atoms with Crippen molar-refractivity contribution in [2.75, 3.05) is 7.11 Å². The first-order valence-electron chi connectivity index (χ1n) is 7.95. The minimum atomic E-state index is 0. The van der Waals surface area contributed by atoms with Crippen LogP contribution in [0.25, 0.3) is 11.1 Å². The lowest BCUT2D eigenvalue weighted by Gasteiger charge is -2.14.